The van der Waals surface area contributed by atoms with Crippen molar-refractivity contribution in [3.63, 3.8) is 0 Å². The van der Waals surface area contributed by atoms with Crippen LogP contribution in [0.4, 0.5) is 34.9 Å². The molecule has 0 bridgehead atoms. The summed E-state index contributed by atoms with van der Waals surface area (Å²) in [6, 6.07) is 20.9. The summed E-state index contributed by atoms with van der Waals surface area (Å²) in [6.07, 6.45) is 8.48. The summed E-state index contributed by atoms with van der Waals surface area (Å²) in [5.41, 5.74) is 3.02. The predicted molar refractivity (Wildman–Crippen MR) is 230 cm³/mol. The highest BCUT2D eigenvalue weighted by Crippen LogP contribution is 2.23. The van der Waals surface area contributed by atoms with Crippen LogP contribution >= 0.6 is 0 Å². The van der Waals surface area contributed by atoms with Crippen molar-refractivity contribution >= 4 is 52.8 Å². The molecule has 2 atom stereocenters. The van der Waals surface area contributed by atoms with E-state index < -0.39 is 0 Å². The van der Waals surface area contributed by atoms with Gasteiger partial charge in [0.25, 0.3) is 5.91 Å². The Morgan fingerprint density at radius 2 is 0.895 bits per heavy atom. The molecule has 308 valence electrons. The van der Waals surface area contributed by atoms with E-state index in [0.29, 0.717) is 58.8 Å². The SMILES string of the molecule is C.CCCCC(CC)COC(=O)c1ccc(Nc2nc(Nc3ccc(C(=O)NC(C)(C)C)cc3)nc(Nc3ccc(C(=O)OCC(CC)CCCC)cc3)n2)cc1. The smallest absolute Gasteiger partial charge is 0.338 e. The van der Waals surface area contributed by atoms with E-state index in [0.717, 1.165) is 51.4 Å². The van der Waals surface area contributed by atoms with Gasteiger partial charge >= 0.3 is 11.9 Å². The van der Waals surface area contributed by atoms with Crippen LogP contribution in [0.5, 0.6) is 0 Å². The molecule has 12 heteroatoms. The minimum atomic E-state index is -0.364. The Kier molecular flexibility index (Phi) is 18.4. The molecule has 12 nitrogen and oxygen atoms in total. The number of hydrogen-bond acceptors (Lipinski definition) is 11. The first kappa shape index (κ1) is 45.9. The second-order valence-corrected chi connectivity index (χ2v) is 15.1. The molecule has 4 rings (SSSR count). The number of amides is 1. The highest BCUT2D eigenvalue weighted by molar-refractivity contribution is 5.95. The quantitative estimate of drug-likeness (QED) is 0.0597. The van der Waals surface area contributed by atoms with Crippen LogP contribution in [0.2, 0.25) is 0 Å². The first-order valence-electron chi connectivity index (χ1n) is 19.9. The number of aromatic nitrogens is 3. The molecule has 0 aliphatic carbocycles. The van der Waals surface area contributed by atoms with E-state index >= 15 is 0 Å². The van der Waals surface area contributed by atoms with E-state index in [-0.39, 0.29) is 48.7 Å². The van der Waals surface area contributed by atoms with Gasteiger partial charge in [-0.15, -0.1) is 0 Å². The third-order valence-corrected chi connectivity index (χ3v) is 9.27. The molecule has 3 aromatic carbocycles. The highest BCUT2D eigenvalue weighted by Gasteiger charge is 2.17. The Labute approximate surface area is 339 Å². The number of rotatable bonds is 21. The van der Waals surface area contributed by atoms with Crippen LogP contribution in [0, 0.1) is 11.8 Å². The van der Waals surface area contributed by atoms with Crippen molar-refractivity contribution in [2.24, 2.45) is 11.8 Å². The van der Waals surface area contributed by atoms with E-state index in [1.165, 1.54) is 0 Å². The van der Waals surface area contributed by atoms with Gasteiger partial charge in [0, 0.05) is 28.2 Å². The Morgan fingerprint density at radius 1 is 0.561 bits per heavy atom. The van der Waals surface area contributed by atoms with Crippen molar-refractivity contribution < 1.29 is 23.9 Å². The normalized spacial score (nSPS) is 12.1. The number of unbranched alkanes of at least 4 members (excludes halogenated alkanes) is 2. The minimum Gasteiger partial charge on any atom is -0.462 e. The van der Waals surface area contributed by atoms with E-state index in [1.54, 1.807) is 72.8 Å². The maximum Gasteiger partial charge on any atom is 0.338 e. The molecule has 1 amide bonds. The maximum atomic E-state index is 12.8. The van der Waals surface area contributed by atoms with Crippen LogP contribution in [-0.4, -0.2) is 51.6 Å². The number of nitrogens with one attached hydrogen (secondary N) is 4. The second kappa shape index (κ2) is 22.9. The number of carbonyl (C=O) groups is 3. The highest BCUT2D eigenvalue weighted by atomic mass is 16.5. The van der Waals surface area contributed by atoms with E-state index in [1.807, 2.05) is 20.8 Å². The molecule has 0 saturated heterocycles. The first-order valence-corrected chi connectivity index (χ1v) is 19.9. The van der Waals surface area contributed by atoms with Crippen LogP contribution < -0.4 is 21.3 Å². The van der Waals surface area contributed by atoms with Gasteiger partial charge in [0.2, 0.25) is 17.8 Å². The number of nitrogens with zero attached hydrogens (tertiary/aromatic N) is 3. The zero-order chi connectivity index (χ0) is 40.5. The molecular weight excluding hydrogens is 719 g/mol. The van der Waals surface area contributed by atoms with Crippen molar-refractivity contribution in [3.8, 4) is 0 Å². The minimum absolute atomic E-state index is 0. The van der Waals surface area contributed by atoms with Gasteiger partial charge in [-0.2, -0.15) is 15.0 Å². The number of benzene rings is 3. The fraction of sp³-hybridized carbons (Fsp3) is 0.467. The third kappa shape index (κ3) is 15.5. The molecule has 2 unspecified atom stereocenters. The van der Waals surface area contributed by atoms with Gasteiger partial charge in [0.05, 0.1) is 24.3 Å². The van der Waals surface area contributed by atoms with E-state index in [4.69, 9.17) is 9.47 Å². The van der Waals surface area contributed by atoms with Crippen LogP contribution in [0.15, 0.2) is 72.8 Å². The zero-order valence-corrected chi connectivity index (χ0v) is 34.0. The molecule has 1 aromatic heterocycles. The molecule has 57 heavy (non-hydrogen) atoms. The summed E-state index contributed by atoms with van der Waals surface area (Å²) in [4.78, 5) is 52.0. The fourth-order valence-electron chi connectivity index (χ4n) is 5.78. The molecule has 0 fully saturated rings. The summed E-state index contributed by atoms with van der Waals surface area (Å²) in [7, 11) is 0. The monoisotopic (exact) mass is 781 g/mol. The Balaban J connectivity index is 0.00000870. The van der Waals surface area contributed by atoms with Crippen molar-refractivity contribution in [3.05, 3.63) is 89.5 Å². The average Bonchev–Trinajstić information content (AvgIpc) is 3.18. The molecule has 4 N–H and O–H groups in total. The number of anilines is 6. The van der Waals surface area contributed by atoms with Crippen molar-refractivity contribution in [1.82, 2.24) is 20.3 Å². The number of hydrogen-bond donors (Lipinski definition) is 4. The lowest BCUT2D eigenvalue weighted by molar-refractivity contribution is 0.0419. The van der Waals surface area contributed by atoms with E-state index in [9.17, 15) is 14.4 Å². The fourth-order valence-corrected chi connectivity index (χ4v) is 5.78. The van der Waals surface area contributed by atoms with Gasteiger partial charge in [-0.1, -0.05) is 73.6 Å². The maximum absolute atomic E-state index is 12.8. The van der Waals surface area contributed by atoms with E-state index in [2.05, 4.69) is 63.9 Å². The summed E-state index contributed by atoms with van der Waals surface area (Å²) in [6.45, 7) is 15.2. The lowest BCUT2D eigenvalue weighted by Crippen LogP contribution is -2.40. The van der Waals surface area contributed by atoms with Gasteiger partial charge in [-0.05, 0) is 118 Å². The van der Waals surface area contributed by atoms with Crippen molar-refractivity contribution in [1.29, 1.82) is 0 Å². The van der Waals surface area contributed by atoms with Gasteiger partial charge in [0.15, 0.2) is 0 Å². The van der Waals surface area contributed by atoms with Crippen molar-refractivity contribution in [2.45, 2.75) is 113 Å². The van der Waals surface area contributed by atoms with Crippen molar-refractivity contribution in [2.75, 3.05) is 29.2 Å². The second-order valence-electron chi connectivity index (χ2n) is 15.1. The van der Waals surface area contributed by atoms with Gasteiger partial charge in [-0.3, -0.25) is 4.79 Å². The predicted octanol–water partition coefficient (Wildman–Crippen LogP) is 11.0. The van der Waals surface area contributed by atoms with Gasteiger partial charge in [0.1, 0.15) is 0 Å². The van der Waals surface area contributed by atoms with Crippen LogP contribution in [0.1, 0.15) is 138 Å². The molecule has 0 aliphatic heterocycles. The molecule has 1 heterocycles. The van der Waals surface area contributed by atoms with Gasteiger partial charge < -0.3 is 30.7 Å². The Morgan fingerprint density at radius 3 is 1.19 bits per heavy atom. The zero-order valence-electron chi connectivity index (χ0n) is 34.0. The molecule has 0 radical (unpaired) electrons. The first-order chi connectivity index (χ1) is 26.9. The summed E-state index contributed by atoms with van der Waals surface area (Å²) >= 11 is 0. The molecule has 0 aliphatic rings. The Bertz CT molecular complexity index is 1750. The average molecular weight is 782 g/mol. The van der Waals surface area contributed by atoms with Gasteiger partial charge in [-0.25, -0.2) is 9.59 Å². The summed E-state index contributed by atoms with van der Waals surface area (Å²) < 4.78 is 11.3. The summed E-state index contributed by atoms with van der Waals surface area (Å²) in [5, 5.41) is 12.6. The summed E-state index contributed by atoms with van der Waals surface area (Å²) in [5.74, 6) is 0.524. The number of carbonyl (C=O) groups excluding carboxylic acids is 3. The topological polar surface area (TPSA) is 156 Å². The molecule has 4 aromatic rings. The number of esters is 2. The largest absolute Gasteiger partial charge is 0.462 e. The molecular formula is C45H63N7O5. The third-order valence-electron chi connectivity index (χ3n) is 9.27. The lowest BCUT2D eigenvalue weighted by atomic mass is 10.0. The van der Waals surface area contributed by atoms with Crippen LogP contribution in [0.3, 0.4) is 0 Å². The molecule has 0 spiro atoms. The number of ether oxygens (including phenoxy) is 2. The molecule has 0 saturated carbocycles. The van der Waals surface area contributed by atoms with Crippen LogP contribution in [-0.2, 0) is 9.47 Å². The Hall–Kier alpha value is -5.52. The standard InChI is InChI=1S/C44H59N7O5.CH4/c1-8-12-14-30(10-3)28-55-39(53)33-18-24-36(25-19-33)46-42-48-41(45-35-22-16-32(17-23-35)38(52)51-44(5,6)7)49-43(50-42)47-37-26-20-34(21-27-37)40(54)56-29-31(11-4)15-13-9-2;/h16-27,30-31H,8-15,28-29H2,1-7H3,(H,51,52)(H3,45,46,47,48,49,50);1H4. The lowest BCUT2D eigenvalue weighted by Gasteiger charge is -2.20. The van der Waals surface area contributed by atoms with Crippen LogP contribution in [0.25, 0.3) is 0 Å².